The molecule has 8 heteroatoms. The van der Waals surface area contributed by atoms with Crippen LogP contribution < -0.4 is 5.32 Å². The van der Waals surface area contributed by atoms with Gasteiger partial charge in [0.05, 0.1) is 17.2 Å². The summed E-state index contributed by atoms with van der Waals surface area (Å²) in [5.74, 6) is -0.688. The maximum absolute atomic E-state index is 13.3. The second kappa shape index (κ2) is 6.29. The molecule has 0 bridgehead atoms. The largest absolute Gasteiger partial charge is 0.423 e. The molecule has 0 radical (unpaired) electrons. The number of benzene rings is 1. The molecular formula is C15H15F3N2O2S. The standard InChI is InChI=1S/C15H15F3N2O2S/c1-9-12(23-10(2)20-9)13(21)19-8-14(22,15(16,17)18)11-6-4-3-5-7-11/h3-7,22H,8H2,1-2H3,(H,19,21)/t14-/m1/s1. The lowest BCUT2D eigenvalue weighted by Crippen LogP contribution is -2.51. The zero-order chi connectivity index (χ0) is 17.3. The number of nitrogens with one attached hydrogen (secondary N) is 1. The van der Waals surface area contributed by atoms with Gasteiger partial charge in [0.25, 0.3) is 5.91 Å². The Labute approximate surface area is 135 Å². The van der Waals surface area contributed by atoms with E-state index in [4.69, 9.17) is 0 Å². The van der Waals surface area contributed by atoms with Crippen LogP contribution >= 0.6 is 11.3 Å². The molecule has 0 saturated carbocycles. The van der Waals surface area contributed by atoms with E-state index >= 15 is 0 Å². The Morgan fingerprint density at radius 2 is 1.87 bits per heavy atom. The number of rotatable bonds is 4. The predicted octanol–water partition coefficient (Wildman–Crippen LogP) is 2.94. The minimum absolute atomic E-state index is 0.236. The molecule has 0 aliphatic rings. The van der Waals surface area contributed by atoms with Crippen molar-refractivity contribution in [2.45, 2.75) is 25.6 Å². The van der Waals surface area contributed by atoms with Gasteiger partial charge < -0.3 is 10.4 Å². The highest BCUT2D eigenvalue weighted by Crippen LogP contribution is 2.38. The van der Waals surface area contributed by atoms with Gasteiger partial charge >= 0.3 is 6.18 Å². The molecule has 23 heavy (non-hydrogen) atoms. The highest BCUT2D eigenvalue weighted by Gasteiger charge is 2.55. The molecule has 1 aromatic heterocycles. The van der Waals surface area contributed by atoms with E-state index in [1.165, 1.54) is 24.3 Å². The molecule has 2 aromatic rings. The highest BCUT2D eigenvalue weighted by atomic mass is 32.1. The van der Waals surface area contributed by atoms with E-state index in [1.54, 1.807) is 19.9 Å². The molecule has 1 aromatic carbocycles. The topological polar surface area (TPSA) is 62.2 Å². The summed E-state index contributed by atoms with van der Waals surface area (Å²) in [7, 11) is 0. The summed E-state index contributed by atoms with van der Waals surface area (Å²) in [5.41, 5.74) is -3.04. The van der Waals surface area contributed by atoms with Crippen LogP contribution in [0.5, 0.6) is 0 Å². The Morgan fingerprint density at radius 1 is 1.26 bits per heavy atom. The number of carbonyl (C=O) groups excluding carboxylic acids is 1. The maximum atomic E-state index is 13.3. The highest BCUT2D eigenvalue weighted by molar-refractivity contribution is 7.13. The normalized spacial score (nSPS) is 14.3. The number of amides is 1. The molecule has 0 spiro atoms. The van der Waals surface area contributed by atoms with E-state index in [0.29, 0.717) is 10.7 Å². The molecule has 1 amide bonds. The van der Waals surface area contributed by atoms with Crippen LogP contribution in [0.4, 0.5) is 13.2 Å². The van der Waals surface area contributed by atoms with E-state index in [9.17, 15) is 23.1 Å². The van der Waals surface area contributed by atoms with Crippen LogP contribution in [0.25, 0.3) is 0 Å². The van der Waals surface area contributed by atoms with E-state index < -0.39 is 24.2 Å². The lowest BCUT2D eigenvalue weighted by atomic mass is 9.93. The first-order valence-corrected chi connectivity index (χ1v) is 7.53. The molecule has 2 N–H and O–H groups in total. The van der Waals surface area contributed by atoms with Gasteiger partial charge in [0.1, 0.15) is 4.88 Å². The van der Waals surface area contributed by atoms with Gasteiger partial charge in [0.15, 0.2) is 0 Å². The van der Waals surface area contributed by atoms with Gasteiger partial charge in [-0.1, -0.05) is 30.3 Å². The number of alkyl halides is 3. The third kappa shape index (κ3) is 3.53. The average molecular weight is 344 g/mol. The van der Waals surface area contributed by atoms with Crippen molar-refractivity contribution in [2.24, 2.45) is 0 Å². The van der Waals surface area contributed by atoms with Crippen molar-refractivity contribution < 1.29 is 23.1 Å². The predicted molar refractivity (Wildman–Crippen MR) is 80.3 cm³/mol. The number of aryl methyl sites for hydroxylation is 2. The number of carbonyl (C=O) groups is 1. The van der Waals surface area contributed by atoms with Crippen molar-refractivity contribution in [1.82, 2.24) is 10.3 Å². The molecule has 4 nitrogen and oxygen atoms in total. The Morgan fingerprint density at radius 3 is 2.35 bits per heavy atom. The molecule has 2 rings (SSSR count). The van der Waals surface area contributed by atoms with Gasteiger partial charge in [0.2, 0.25) is 5.60 Å². The number of aromatic nitrogens is 1. The fourth-order valence-electron chi connectivity index (χ4n) is 2.11. The molecule has 0 aliphatic carbocycles. The Balaban J connectivity index is 2.23. The van der Waals surface area contributed by atoms with E-state index in [2.05, 4.69) is 10.3 Å². The van der Waals surface area contributed by atoms with Gasteiger partial charge in [-0.3, -0.25) is 4.79 Å². The van der Waals surface area contributed by atoms with Crippen LogP contribution in [0.2, 0.25) is 0 Å². The van der Waals surface area contributed by atoms with E-state index in [0.717, 1.165) is 11.3 Å². The summed E-state index contributed by atoms with van der Waals surface area (Å²) < 4.78 is 39.9. The molecule has 1 atom stereocenters. The Hall–Kier alpha value is -1.93. The van der Waals surface area contributed by atoms with Crippen LogP contribution in [0.15, 0.2) is 30.3 Å². The lowest BCUT2D eigenvalue weighted by molar-refractivity contribution is -0.263. The van der Waals surface area contributed by atoms with Gasteiger partial charge in [0, 0.05) is 0 Å². The molecule has 0 fully saturated rings. The molecule has 0 saturated heterocycles. The summed E-state index contributed by atoms with van der Waals surface area (Å²) in [5, 5.41) is 12.9. The minimum Gasteiger partial charge on any atom is -0.375 e. The number of thiazole rings is 1. The van der Waals surface area contributed by atoms with Crippen molar-refractivity contribution in [2.75, 3.05) is 6.54 Å². The number of halogens is 3. The minimum atomic E-state index is -4.93. The van der Waals surface area contributed by atoms with Crippen LogP contribution in [0.1, 0.15) is 25.9 Å². The van der Waals surface area contributed by atoms with Crippen LogP contribution in [0.3, 0.4) is 0 Å². The van der Waals surface area contributed by atoms with Gasteiger partial charge in [-0.15, -0.1) is 11.3 Å². The maximum Gasteiger partial charge on any atom is 0.423 e. The van der Waals surface area contributed by atoms with Crippen LogP contribution in [-0.4, -0.2) is 28.7 Å². The quantitative estimate of drug-likeness (QED) is 0.896. The van der Waals surface area contributed by atoms with Gasteiger partial charge in [-0.2, -0.15) is 13.2 Å². The van der Waals surface area contributed by atoms with Crippen molar-refractivity contribution in [3.05, 3.63) is 51.5 Å². The average Bonchev–Trinajstić information content (AvgIpc) is 2.83. The van der Waals surface area contributed by atoms with Crippen molar-refractivity contribution in [3.8, 4) is 0 Å². The molecule has 0 unspecified atom stereocenters. The summed E-state index contributed by atoms with van der Waals surface area (Å²) in [6, 6.07) is 6.67. The van der Waals surface area contributed by atoms with Gasteiger partial charge in [-0.25, -0.2) is 4.98 Å². The number of hydrogen-bond donors (Lipinski definition) is 2. The zero-order valence-electron chi connectivity index (χ0n) is 12.4. The van der Waals surface area contributed by atoms with E-state index in [1.807, 2.05) is 0 Å². The SMILES string of the molecule is Cc1nc(C)c(C(=O)NC[C@@](O)(c2ccccc2)C(F)(F)F)s1. The third-order valence-corrected chi connectivity index (χ3v) is 4.41. The first kappa shape index (κ1) is 17.4. The first-order chi connectivity index (χ1) is 10.6. The summed E-state index contributed by atoms with van der Waals surface area (Å²) >= 11 is 1.09. The fourth-order valence-corrected chi connectivity index (χ4v) is 2.95. The summed E-state index contributed by atoms with van der Waals surface area (Å²) in [4.78, 5) is 16.4. The smallest absolute Gasteiger partial charge is 0.375 e. The lowest BCUT2D eigenvalue weighted by Gasteiger charge is -2.31. The molecule has 124 valence electrons. The molecule has 0 aliphatic heterocycles. The van der Waals surface area contributed by atoms with Gasteiger partial charge in [-0.05, 0) is 19.4 Å². The monoisotopic (exact) mass is 344 g/mol. The fraction of sp³-hybridized carbons (Fsp3) is 0.333. The Kier molecular flexibility index (Phi) is 4.76. The number of nitrogens with zero attached hydrogens (tertiary/aromatic N) is 1. The van der Waals surface area contributed by atoms with Crippen LogP contribution in [0, 0.1) is 13.8 Å². The second-order valence-electron chi connectivity index (χ2n) is 5.05. The van der Waals surface area contributed by atoms with Crippen molar-refractivity contribution in [3.63, 3.8) is 0 Å². The molecule has 1 heterocycles. The van der Waals surface area contributed by atoms with Crippen molar-refractivity contribution in [1.29, 1.82) is 0 Å². The first-order valence-electron chi connectivity index (χ1n) is 6.72. The number of aliphatic hydroxyl groups is 1. The van der Waals surface area contributed by atoms with E-state index in [-0.39, 0.29) is 10.4 Å². The molecular weight excluding hydrogens is 329 g/mol. The zero-order valence-corrected chi connectivity index (χ0v) is 13.3. The van der Waals surface area contributed by atoms with Crippen LogP contribution in [-0.2, 0) is 5.60 Å². The summed E-state index contributed by atoms with van der Waals surface area (Å²) in [6.07, 6.45) is -4.93. The summed E-state index contributed by atoms with van der Waals surface area (Å²) in [6.45, 7) is 2.33. The van der Waals surface area contributed by atoms with Crippen molar-refractivity contribution >= 4 is 17.2 Å². The number of hydrogen-bond acceptors (Lipinski definition) is 4. The third-order valence-electron chi connectivity index (χ3n) is 3.33. The second-order valence-corrected chi connectivity index (χ2v) is 6.26. The Bertz CT molecular complexity index is 700.